The van der Waals surface area contributed by atoms with Gasteiger partial charge < -0.3 is 5.32 Å². The Morgan fingerprint density at radius 2 is 2.00 bits per heavy atom. The van der Waals surface area contributed by atoms with E-state index < -0.39 is 0 Å². The molecule has 0 bridgehead atoms. The molecule has 1 heterocycles. The molecule has 0 saturated heterocycles. The molecule has 1 aromatic carbocycles. The summed E-state index contributed by atoms with van der Waals surface area (Å²) >= 11 is 12.0. The van der Waals surface area contributed by atoms with E-state index in [0.717, 1.165) is 5.56 Å². The fourth-order valence-corrected chi connectivity index (χ4v) is 1.93. The average molecular weight is 300 g/mol. The van der Waals surface area contributed by atoms with Gasteiger partial charge in [0.2, 0.25) is 0 Å². The Labute approximate surface area is 120 Å². The van der Waals surface area contributed by atoms with Crippen LogP contribution in [0.5, 0.6) is 0 Å². The highest BCUT2D eigenvalue weighted by atomic mass is 35.5. The van der Waals surface area contributed by atoms with Crippen LogP contribution in [-0.4, -0.2) is 9.97 Å². The van der Waals surface area contributed by atoms with Crippen molar-refractivity contribution in [2.75, 3.05) is 5.32 Å². The maximum atomic E-state index is 13.0. The highest BCUT2D eigenvalue weighted by Gasteiger charge is 2.10. The minimum absolute atomic E-state index is 0.284. The average Bonchev–Trinajstić information content (AvgIpc) is 2.37. The van der Waals surface area contributed by atoms with Crippen LogP contribution in [0.1, 0.15) is 18.3 Å². The van der Waals surface area contributed by atoms with Crippen molar-refractivity contribution >= 4 is 34.7 Å². The van der Waals surface area contributed by atoms with Crippen LogP contribution in [0, 0.1) is 12.7 Å². The van der Waals surface area contributed by atoms with Crippen LogP contribution in [0.25, 0.3) is 0 Å². The molecule has 0 aliphatic heterocycles. The summed E-state index contributed by atoms with van der Waals surface area (Å²) in [4.78, 5) is 8.50. The van der Waals surface area contributed by atoms with Gasteiger partial charge in [-0.05, 0) is 25.1 Å². The molecule has 0 radical (unpaired) electrons. The zero-order chi connectivity index (χ0) is 14.0. The number of aryl methyl sites for hydroxylation is 1. The normalized spacial score (nSPS) is 10.6. The summed E-state index contributed by atoms with van der Waals surface area (Å²) in [6, 6.07) is 4.12. The van der Waals surface area contributed by atoms with Crippen molar-refractivity contribution in [3.8, 4) is 0 Å². The molecular formula is C13H12Cl2FN3. The molecule has 1 aromatic heterocycles. The number of nitrogens with one attached hydrogen (secondary N) is 1. The van der Waals surface area contributed by atoms with Gasteiger partial charge in [0.25, 0.3) is 0 Å². The third-order valence-corrected chi connectivity index (χ3v) is 3.31. The molecule has 1 N–H and O–H groups in total. The molecule has 100 valence electrons. The third-order valence-electron chi connectivity index (χ3n) is 2.63. The van der Waals surface area contributed by atoms with Crippen LogP contribution in [0.4, 0.5) is 15.9 Å². The minimum atomic E-state index is -0.387. The number of benzene rings is 1. The second-order valence-corrected chi connectivity index (χ2v) is 4.77. The van der Waals surface area contributed by atoms with E-state index in [2.05, 4.69) is 15.3 Å². The number of nitrogens with zero attached hydrogens (tertiary/aromatic N) is 2. The van der Waals surface area contributed by atoms with Gasteiger partial charge in [0.1, 0.15) is 22.6 Å². The molecule has 0 amide bonds. The van der Waals surface area contributed by atoms with Crippen molar-refractivity contribution in [3.63, 3.8) is 0 Å². The lowest BCUT2D eigenvalue weighted by molar-refractivity contribution is 0.628. The summed E-state index contributed by atoms with van der Waals surface area (Å²) in [5.74, 6) is 0.823. The van der Waals surface area contributed by atoms with E-state index in [9.17, 15) is 4.39 Å². The molecular weight excluding hydrogens is 288 g/mol. The van der Waals surface area contributed by atoms with Gasteiger partial charge in [-0.3, -0.25) is 0 Å². The second-order valence-electron chi connectivity index (χ2n) is 4.01. The molecule has 2 aromatic rings. The fourth-order valence-electron chi connectivity index (χ4n) is 1.53. The number of aromatic nitrogens is 2. The molecule has 6 heteroatoms. The zero-order valence-corrected chi connectivity index (χ0v) is 12.0. The molecule has 0 aliphatic rings. The van der Waals surface area contributed by atoms with E-state index in [4.69, 9.17) is 23.2 Å². The molecule has 19 heavy (non-hydrogen) atoms. The predicted octanol–water partition coefficient (Wildman–Crippen LogP) is 4.54. The smallest absolute Gasteiger partial charge is 0.138 e. The van der Waals surface area contributed by atoms with Gasteiger partial charge in [-0.15, -0.1) is 0 Å². The Hall–Kier alpha value is -1.39. The van der Waals surface area contributed by atoms with Gasteiger partial charge >= 0.3 is 0 Å². The van der Waals surface area contributed by atoms with Crippen LogP contribution >= 0.6 is 23.2 Å². The highest BCUT2D eigenvalue weighted by Crippen LogP contribution is 2.28. The van der Waals surface area contributed by atoms with Crippen molar-refractivity contribution < 1.29 is 4.39 Å². The Bertz CT molecular complexity index is 617. The van der Waals surface area contributed by atoms with E-state index in [0.29, 0.717) is 28.9 Å². The van der Waals surface area contributed by atoms with Gasteiger partial charge in [0.15, 0.2) is 0 Å². The first-order valence-corrected chi connectivity index (χ1v) is 6.52. The summed E-state index contributed by atoms with van der Waals surface area (Å²) in [7, 11) is 0. The first kappa shape index (κ1) is 14.0. The lowest BCUT2D eigenvalue weighted by Gasteiger charge is -2.12. The van der Waals surface area contributed by atoms with Crippen LogP contribution in [0.3, 0.4) is 0 Å². The molecule has 2 rings (SSSR count). The Morgan fingerprint density at radius 1 is 1.26 bits per heavy atom. The van der Waals surface area contributed by atoms with Crippen molar-refractivity contribution in [1.29, 1.82) is 0 Å². The summed E-state index contributed by atoms with van der Waals surface area (Å²) in [6.45, 7) is 3.75. The number of rotatable bonds is 3. The van der Waals surface area contributed by atoms with Crippen LogP contribution < -0.4 is 5.32 Å². The lowest BCUT2D eigenvalue weighted by Crippen LogP contribution is -2.03. The van der Waals surface area contributed by atoms with Crippen LogP contribution in [0.15, 0.2) is 18.2 Å². The maximum Gasteiger partial charge on any atom is 0.138 e. The Morgan fingerprint density at radius 3 is 2.63 bits per heavy atom. The van der Waals surface area contributed by atoms with E-state index in [1.54, 1.807) is 6.07 Å². The van der Waals surface area contributed by atoms with Gasteiger partial charge in [-0.2, -0.15) is 0 Å². The van der Waals surface area contributed by atoms with E-state index in [-0.39, 0.29) is 10.8 Å². The van der Waals surface area contributed by atoms with Crippen LogP contribution in [-0.2, 0) is 6.42 Å². The zero-order valence-electron chi connectivity index (χ0n) is 10.5. The van der Waals surface area contributed by atoms with Gasteiger partial charge in [-0.1, -0.05) is 30.1 Å². The van der Waals surface area contributed by atoms with Gasteiger partial charge in [-0.25, -0.2) is 14.4 Å². The number of hydrogen-bond donors (Lipinski definition) is 1. The predicted molar refractivity (Wildman–Crippen MR) is 75.8 cm³/mol. The lowest BCUT2D eigenvalue weighted by atomic mass is 10.2. The van der Waals surface area contributed by atoms with Crippen LogP contribution in [0.2, 0.25) is 10.2 Å². The molecule has 0 aliphatic carbocycles. The number of hydrogen-bond acceptors (Lipinski definition) is 3. The maximum absolute atomic E-state index is 13.0. The second kappa shape index (κ2) is 5.72. The van der Waals surface area contributed by atoms with Crippen molar-refractivity contribution in [2.45, 2.75) is 20.3 Å². The van der Waals surface area contributed by atoms with Gasteiger partial charge in [0.05, 0.1) is 10.7 Å². The largest absolute Gasteiger partial charge is 0.339 e. The van der Waals surface area contributed by atoms with E-state index in [1.165, 1.54) is 12.1 Å². The molecule has 0 fully saturated rings. The van der Waals surface area contributed by atoms with Crippen molar-refractivity contribution in [1.82, 2.24) is 9.97 Å². The molecule has 0 atom stereocenters. The summed E-state index contributed by atoms with van der Waals surface area (Å²) in [5.41, 5.74) is 1.29. The quantitative estimate of drug-likeness (QED) is 0.846. The SMILES string of the molecule is CCc1nc(Cl)c(C)c(Nc2ccc(F)cc2Cl)n1. The van der Waals surface area contributed by atoms with Gasteiger partial charge in [0, 0.05) is 12.0 Å². The standard InChI is InChI=1S/C13H12Cl2FN3/c1-3-11-18-12(15)7(2)13(19-11)17-10-5-4-8(16)6-9(10)14/h4-6H,3H2,1-2H3,(H,17,18,19). The molecule has 0 spiro atoms. The molecule has 0 saturated carbocycles. The minimum Gasteiger partial charge on any atom is -0.339 e. The first-order chi connectivity index (χ1) is 9.01. The molecule has 3 nitrogen and oxygen atoms in total. The third kappa shape index (κ3) is 3.14. The first-order valence-electron chi connectivity index (χ1n) is 5.76. The number of halogens is 3. The molecule has 0 unspecified atom stereocenters. The van der Waals surface area contributed by atoms with Crippen molar-refractivity contribution in [2.24, 2.45) is 0 Å². The monoisotopic (exact) mass is 299 g/mol. The Balaban J connectivity index is 2.40. The van der Waals surface area contributed by atoms with E-state index in [1.807, 2.05) is 13.8 Å². The number of anilines is 2. The highest BCUT2D eigenvalue weighted by molar-refractivity contribution is 6.33. The Kier molecular flexibility index (Phi) is 4.22. The topological polar surface area (TPSA) is 37.8 Å². The fraction of sp³-hybridized carbons (Fsp3) is 0.231. The van der Waals surface area contributed by atoms with E-state index >= 15 is 0 Å². The summed E-state index contributed by atoms with van der Waals surface area (Å²) < 4.78 is 13.0. The summed E-state index contributed by atoms with van der Waals surface area (Å²) in [5, 5.41) is 3.73. The van der Waals surface area contributed by atoms with Crippen molar-refractivity contribution in [3.05, 3.63) is 45.6 Å². The summed E-state index contributed by atoms with van der Waals surface area (Å²) in [6.07, 6.45) is 0.672.